The van der Waals surface area contributed by atoms with Crippen LogP contribution >= 0.6 is 11.6 Å². The zero-order chi connectivity index (χ0) is 20.9. The highest BCUT2D eigenvalue weighted by Crippen LogP contribution is 2.64. The Kier molecular flexibility index (Phi) is 4.68. The monoisotopic (exact) mass is 444 g/mol. The van der Waals surface area contributed by atoms with E-state index in [9.17, 15) is 8.42 Å². The number of piperidine rings is 1. The Balaban J connectivity index is 1.29. The Hall–Kier alpha value is -2.29. The maximum absolute atomic E-state index is 13.1. The van der Waals surface area contributed by atoms with E-state index in [1.165, 1.54) is 6.07 Å². The molecule has 1 saturated carbocycles. The molecule has 1 atom stereocenters. The zero-order valence-electron chi connectivity index (χ0n) is 16.5. The van der Waals surface area contributed by atoms with Crippen molar-refractivity contribution in [2.75, 3.05) is 13.1 Å². The van der Waals surface area contributed by atoms with Crippen molar-refractivity contribution in [3.05, 3.63) is 59.2 Å². The highest BCUT2D eigenvalue weighted by atomic mass is 35.5. The molecule has 1 aliphatic heterocycles. The molecule has 1 spiro atoms. The lowest BCUT2D eigenvalue weighted by atomic mass is 9.92. The van der Waals surface area contributed by atoms with Crippen molar-refractivity contribution < 1.29 is 12.9 Å². The average Bonchev–Trinajstić information content (AvgIpc) is 3.21. The Morgan fingerprint density at radius 1 is 1.23 bits per heavy atom. The first kappa shape index (κ1) is 19.7. The second-order valence-corrected chi connectivity index (χ2v) is 10.5. The summed E-state index contributed by atoms with van der Waals surface area (Å²) in [5.41, 5.74) is 1.58. The normalized spacial score (nSPS) is 21.1. The number of rotatable bonds is 4. The second-order valence-electron chi connectivity index (χ2n) is 8.13. The van der Waals surface area contributed by atoms with Gasteiger partial charge in [-0.3, -0.25) is 4.98 Å². The summed E-state index contributed by atoms with van der Waals surface area (Å²) in [6, 6.07) is 8.72. The highest BCUT2D eigenvalue weighted by Gasteiger charge is 2.59. The van der Waals surface area contributed by atoms with Gasteiger partial charge in [0.25, 0.3) is 0 Å². The minimum absolute atomic E-state index is 0.0497. The van der Waals surface area contributed by atoms with Crippen LogP contribution in [0.3, 0.4) is 0 Å². The average molecular weight is 445 g/mol. The van der Waals surface area contributed by atoms with E-state index in [4.69, 9.17) is 16.1 Å². The maximum Gasteiger partial charge on any atom is 0.243 e. The predicted octanol–water partition coefficient (Wildman–Crippen LogP) is 4.05. The third-order valence-corrected chi connectivity index (χ3v) is 8.61. The molecule has 3 aromatic rings. The topological polar surface area (TPSA) is 89.2 Å². The first-order valence-corrected chi connectivity index (χ1v) is 11.7. The summed E-state index contributed by atoms with van der Waals surface area (Å²) in [5, 5.41) is 4.52. The second kappa shape index (κ2) is 7.14. The Morgan fingerprint density at radius 2 is 2.03 bits per heavy atom. The molecule has 7 nitrogen and oxygen atoms in total. The van der Waals surface area contributed by atoms with Gasteiger partial charge in [0.2, 0.25) is 21.7 Å². The van der Waals surface area contributed by atoms with Crippen molar-refractivity contribution in [3.8, 4) is 11.4 Å². The molecule has 5 rings (SSSR count). The van der Waals surface area contributed by atoms with Crippen LogP contribution in [0.4, 0.5) is 0 Å². The SMILES string of the molecule is Cc1ccc(Cl)cc1S(=O)(=O)N1CCC2(CC1)C[C@H]2c1nc(-c2cccnc2)no1. The molecule has 9 heteroatoms. The summed E-state index contributed by atoms with van der Waals surface area (Å²) in [4.78, 5) is 8.94. The van der Waals surface area contributed by atoms with Gasteiger partial charge in [-0.15, -0.1) is 0 Å². The standard InChI is InChI=1S/C21H21ClN4O3S/c1-14-4-5-16(22)11-18(14)30(27,28)26-9-6-21(7-10-26)12-17(21)20-24-19(25-29-20)15-3-2-8-23-13-15/h2-5,8,11,13,17H,6-7,9-10,12H2,1H3/t17-/m0/s1. The molecule has 3 heterocycles. The van der Waals surface area contributed by atoms with Crippen LogP contribution in [0.5, 0.6) is 0 Å². The van der Waals surface area contributed by atoms with Crippen LogP contribution in [0.25, 0.3) is 11.4 Å². The molecule has 2 aromatic heterocycles. The van der Waals surface area contributed by atoms with E-state index >= 15 is 0 Å². The number of hydrogen-bond acceptors (Lipinski definition) is 6. The van der Waals surface area contributed by atoms with E-state index in [0.717, 1.165) is 24.8 Å². The number of aromatic nitrogens is 3. The summed E-state index contributed by atoms with van der Waals surface area (Å²) >= 11 is 6.04. The number of sulfonamides is 1. The Labute approximate surface area is 180 Å². The van der Waals surface area contributed by atoms with E-state index in [2.05, 4.69) is 15.1 Å². The molecule has 30 heavy (non-hydrogen) atoms. The van der Waals surface area contributed by atoms with Gasteiger partial charge in [0, 0.05) is 42.0 Å². The summed E-state index contributed by atoms with van der Waals surface area (Å²) in [6.45, 7) is 2.75. The lowest BCUT2D eigenvalue weighted by molar-refractivity contribution is 0.242. The summed E-state index contributed by atoms with van der Waals surface area (Å²) in [5.74, 6) is 1.36. The van der Waals surface area contributed by atoms with Gasteiger partial charge in [-0.05, 0) is 61.4 Å². The molecule has 2 aliphatic rings. The molecule has 0 amide bonds. The quantitative estimate of drug-likeness (QED) is 0.603. The molecule has 156 valence electrons. The van der Waals surface area contributed by atoms with Crippen LogP contribution in [0.1, 0.15) is 36.6 Å². The van der Waals surface area contributed by atoms with Crippen LogP contribution in [0.2, 0.25) is 5.02 Å². The third-order valence-electron chi connectivity index (χ3n) is 6.34. The number of pyridine rings is 1. The first-order valence-electron chi connectivity index (χ1n) is 9.89. The van der Waals surface area contributed by atoms with Gasteiger partial charge in [-0.2, -0.15) is 9.29 Å². The van der Waals surface area contributed by atoms with E-state index in [1.54, 1.807) is 35.8 Å². The van der Waals surface area contributed by atoms with Gasteiger partial charge in [-0.1, -0.05) is 22.8 Å². The number of nitrogens with zero attached hydrogens (tertiary/aromatic N) is 4. The van der Waals surface area contributed by atoms with Crippen molar-refractivity contribution in [1.29, 1.82) is 0 Å². The summed E-state index contributed by atoms with van der Waals surface area (Å²) in [7, 11) is -3.56. The zero-order valence-corrected chi connectivity index (χ0v) is 18.0. The minimum Gasteiger partial charge on any atom is -0.339 e. The molecular formula is C21H21ClN4O3S. The largest absolute Gasteiger partial charge is 0.339 e. The maximum atomic E-state index is 13.1. The van der Waals surface area contributed by atoms with Crippen molar-refractivity contribution in [3.63, 3.8) is 0 Å². The Morgan fingerprint density at radius 3 is 2.77 bits per heavy atom. The molecule has 2 fully saturated rings. The van der Waals surface area contributed by atoms with Gasteiger partial charge in [0.05, 0.1) is 4.90 Å². The molecule has 1 aliphatic carbocycles. The van der Waals surface area contributed by atoms with Crippen molar-refractivity contribution >= 4 is 21.6 Å². The smallest absolute Gasteiger partial charge is 0.243 e. The van der Waals surface area contributed by atoms with E-state index in [1.807, 2.05) is 12.1 Å². The van der Waals surface area contributed by atoms with Gasteiger partial charge in [-0.25, -0.2) is 8.42 Å². The summed E-state index contributed by atoms with van der Waals surface area (Å²) in [6.07, 6.45) is 5.92. The van der Waals surface area contributed by atoms with Crippen LogP contribution < -0.4 is 0 Å². The fraction of sp³-hybridized carbons (Fsp3) is 0.381. The molecule has 0 radical (unpaired) electrons. The van der Waals surface area contributed by atoms with Crippen LogP contribution in [0.15, 0.2) is 52.1 Å². The summed E-state index contributed by atoms with van der Waals surface area (Å²) < 4.78 is 33.3. The van der Waals surface area contributed by atoms with Gasteiger partial charge < -0.3 is 4.52 Å². The number of halogens is 1. The minimum atomic E-state index is -3.56. The molecular weight excluding hydrogens is 424 g/mol. The molecule has 0 unspecified atom stereocenters. The fourth-order valence-corrected chi connectivity index (χ4v) is 6.33. The van der Waals surface area contributed by atoms with E-state index < -0.39 is 10.0 Å². The lowest BCUT2D eigenvalue weighted by Crippen LogP contribution is -2.39. The van der Waals surface area contributed by atoms with Crippen LogP contribution in [-0.2, 0) is 10.0 Å². The lowest BCUT2D eigenvalue weighted by Gasteiger charge is -2.32. The molecule has 1 aromatic carbocycles. The molecule has 1 saturated heterocycles. The van der Waals surface area contributed by atoms with Crippen LogP contribution in [-0.4, -0.2) is 40.9 Å². The number of benzene rings is 1. The highest BCUT2D eigenvalue weighted by molar-refractivity contribution is 7.89. The number of aryl methyl sites for hydroxylation is 1. The Bertz CT molecular complexity index is 1190. The van der Waals surface area contributed by atoms with Crippen molar-refractivity contribution in [2.24, 2.45) is 5.41 Å². The van der Waals surface area contributed by atoms with Gasteiger partial charge in [0.1, 0.15) is 0 Å². The molecule has 0 N–H and O–H groups in total. The van der Waals surface area contributed by atoms with E-state index in [-0.39, 0.29) is 16.2 Å². The van der Waals surface area contributed by atoms with Gasteiger partial charge >= 0.3 is 0 Å². The third kappa shape index (κ3) is 3.33. The van der Waals surface area contributed by atoms with Gasteiger partial charge in [0.15, 0.2) is 0 Å². The molecule has 0 bridgehead atoms. The van der Waals surface area contributed by atoms with Crippen molar-refractivity contribution in [2.45, 2.75) is 37.0 Å². The predicted molar refractivity (Wildman–Crippen MR) is 112 cm³/mol. The van der Waals surface area contributed by atoms with Crippen LogP contribution in [0, 0.1) is 12.3 Å². The fourth-order valence-electron chi connectivity index (χ4n) is 4.40. The van der Waals surface area contributed by atoms with Crippen molar-refractivity contribution in [1.82, 2.24) is 19.4 Å². The number of hydrogen-bond donors (Lipinski definition) is 0. The first-order chi connectivity index (χ1) is 14.4. The van der Waals surface area contributed by atoms with E-state index in [0.29, 0.717) is 35.4 Å².